The van der Waals surface area contributed by atoms with E-state index in [1.807, 2.05) is 35.2 Å². The SMILES string of the molecule is COCc1c(C(=O)N2CCN(CCOc3ccccc3)CC2)noc1C. The fourth-order valence-corrected chi connectivity index (χ4v) is 3.01. The summed E-state index contributed by atoms with van der Waals surface area (Å²) in [6, 6.07) is 9.80. The molecule has 140 valence electrons. The lowest BCUT2D eigenvalue weighted by Crippen LogP contribution is -2.49. The van der Waals surface area contributed by atoms with Gasteiger partial charge < -0.3 is 18.9 Å². The Hall–Kier alpha value is -2.38. The number of rotatable bonds is 7. The lowest BCUT2D eigenvalue weighted by molar-refractivity contribution is 0.0607. The van der Waals surface area contributed by atoms with Crippen LogP contribution in [0.25, 0.3) is 0 Å². The maximum atomic E-state index is 12.7. The summed E-state index contributed by atoms with van der Waals surface area (Å²) in [5, 5.41) is 3.93. The van der Waals surface area contributed by atoms with Gasteiger partial charge in [-0.25, -0.2) is 0 Å². The molecule has 1 aliphatic heterocycles. The molecule has 0 N–H and O–H groups in total. The summed E-state index contributed by atoms with van der Waals surface area (Å²) in [4.78, 5) is 16.8. The highest BCUT2D eigenvalue weighted by Gasteiger charge is 2.27. The van der Waals surface area contributed by atoms with E-state index in [1.54, 1.807) is 14.0 Å². The van der Waals surface area contributed by atoms with Gasteiger partial charge in [-0.15, -0.1) is 0 Å². The average Bonchev–Trinajstić information content (AvgIpc) is 3.04. The second-order valence-corrected chi connectivity index (χ2v) is 6.29. The van der Waals surface area contributed by atoms with Crippen molar-refractivity contribution in [1.82, 2.24) is 15.0 Å². The van der Waals surface area contributed by atoms with Crippen LogP contribution in [0.4, 0.5) is 0 Å². The van der Waals surface area contributed by atoms with Crippen LogP contribution in [0.3, 0.4) is 0 Å². The maximum Gasteiger partial charge on any atom is 0.276 e. The summed E-state index contributed by atoms with van der Waals surface area (Å²) in [5.41, 5.74) is 1.10. The van der Waals surface area contributed by atoms with Crippen molar-refractivity contribution in [2.75, 3.05) is 46.4 Å². The van der Waals surface area contributed by atoms with Gasteiger partial charge in [0, 0.05) is 39.8 Å². The van der Waals surface area contributed by atoms with Gasteiger partial charge in [-0.2, -0.15) is 0 Å². The van der Waals surface area contributed by atoms with E-state index < -0.39 is 0 Å². The molecule has 3 rings (SSSR count). The van der Waals surface area contributed by atoms with E-state index in [0.717, 1.165) is 30.9 Å². The highest BCUT2D eigenvalue weighted by molar-refractivity contribution is 5.93. The molecule has 0 radical (unpaired) electrons. The fraction of sp³-hybridized carbons (Fsp3) is 0.474. The van der Waals surface area contributed by atoms with Gasteiger partial charge in [-0.3, -0.25) is 9.69 Å². The quantitative estimate of drug-likeness (QED) is 0.753. The number of carbonyl (C=O) groups excluding carboxylic acids is 1. The number of hydrogen-bond acceptors (Lipinski definition) is 6. The molecule has 2 aromatic rings. The van der Waals surface area contributed by atoms with Crippen LogP contribution in [0.5, 0.6) is 5.75 Å². The van der Waals surface area contributed by atoms with Crippen LogP contribution in [0.1, 0.15) is 21.8 Å². The number of methoxy groups -OCH3 is 1. The Balaban J connectivity index is 1.47. The van der Waals surface area contributed by atoms with Crippen LogP contribution in [0.2, 0.25) is 0 Å². The number of carbonyl (C=O) groups is 1. The second kappa shape index (κ2) is 8.82. The van der Waals surface area contributed by atoms with Gasteiger partial charge >= 0.3 is 0 Å². The number of nitrogens with zero attached hydrogens (tertiary/aromatic N) is 3. The van der Waals surface area contributed by atoms with Gasteiger partial charge in [0.2, 0.25) is 0 Å². The molecule has 7 nitrogen and oxygen atoms in total. The number of aryl methyl sites for hydroxylation is 1. The standard InChI is InChI=1S/C19H25N3O4/c1-15-17(14-24-2)18(20-26-15)19(23)22-10-8-21(9-11-22)12-13-25-16-6-4-3-5-7-16/h3-7H,8-14H2,1-2H3. The monoisotopic (exact) mass is 359 g/mol. The van der Waals surface area contributed by atoms with Crippen LogP contribution in [0, 0.1) is 6.92 Å². The zero-order valence-corrected chi connectivity index (χ0v) is 15.3. The molecular formula is C19H25N3O4. The molecule has 1 saturated heterocycles. The smallest absolute Gasteiger partial charge is 0.276 e. The third-order valence-corrected chi connectivity index (χ3v) is 4.55. The van der Waals surface area contributed by atoms with E-state index in [1.165, 1.54) is 0 Å². The normalized spacial score (nSPS) is 15.2. The van der Waals surface area contributed by atoms with Crippen LogP contribution >= 0.6 is 0 Å². The molecule has 0 atom stereocenters. The van der Waals surface area contributed by atoms with E-state index in [-0.39, 0.29) is 5.91 Å². The lowest BCUT2D eigenvalue weighted by atomic mass is 10.1. The summed E-state index contributed by atoms with van der Waals surface area (Å²) in [6.07, 6.45) is 0. The Labute approximate surface area is 153 Å². The summed E-state index contributed by atoms with van der Waals surface area (Å²) >= 11 is 0. The Morgan fingerprint density at radius 1 is 1.19 bits per heavy atom. The van der Waals surface area contributed by atoms with Crippen molar-refractivity contribution in [3.05, 3.63) is 47.3 Å². The topological polar surface area (TPSA) is 68.0 Å². The predicted octanol–water partition coefficient (Wildman–Crippen LogP) is 1.97. The number of para-hydroxylation sites is 1. The fourth-order valence-electron chi connectivity index (χ4n) is 3.01. The Bertz CT molecular complexity index is 709. The average molecular weight is 359 g/mol. The van der Waals surface area contributed by atoms with E-state index in [4.69, 9.17) is 14.0 Å². The zero-order chi connectivity index (χ0) is 18.4. The minimum atomic E-state index is -0.0888. The van der Waals surface area contributed by atoms with E-state index >= 15 is 0 Å². The van der Waals surface area contributed by atoms with Crippen molar-refractivity contribution in [1.29, 1.82) is 0 Å². The second-order valence-electron chi connectivity index (χ2n) is 6.29. The van der Waals surface area contributed by atoms with Crippen molar-refractivity contribution in [3.63, 3.8) is 0 Å². The molecule has 1 amide bonds. The van der Waals surface area contributed by atoms with Crippen molar-refractivity contribution in [2.24, 2.45) is 0 Å². The zero-order valence-electron chi connectivity index (χ0n) is 15.3. The Morgan fingerprint density at radius 2 is 1.92 bits per heavy atom. The van der Waals surface area contributed by atoms with E-state index in [9.17, 15) is 4.79 Å². The molecule has 0 spiro atoms. The number of benzene rings is 1. The first-order valence-electron chi connectivity index (χ1n) is 8.82. The first-order chi connectivity index (χ1) is 12.7. The number of aromatic nitrogens is 1. The third kappa shape index (κ3) is 4.42. The Morgan fingerprint density at radius 3 is 2.62 bits per heavy atom. The largest absolute Gasteiger partial charge is 0.492 e. The molecule has 0 unspecified atom stereocenters. The molecule has 0 saturated carbocycles. The van der Waals surface area contributed by atoms with Crippen LogP contribution in [-0.2, 0) is 11.3 Å². The molecule has 0 aliphatic carbocycles. The Kier molecular flexibility index (Phi) is 6.25. The molecule has 1 aromatic carbocycles. The minimum Gasteiger partial charge on any atom is -0.492 e. The van der Waals surface area contributed by atoms with Crippen molar-refractivity contribution in [2.45, 2.75) is 13.5 Å². The summed E-state index contributed by atoms with van der Waals surface area (Å²) < 4.78 is 16.1. The molecule has 2 heterocycles. The number of piperazine rings is 1. The van der Waals surface area contributed by atoms with Crippen LogP contribution in [-0.4, -0.2) is 67.3 Å². The number of ether oxygens (including phenoxy) is 2. The van der Waals surface area contributed by atoms with E-state index in [2.05, 4.69) is 10.1 Å². The predicted molar refractivity (Wildman–Crippen MR) is 96.2 cm³/mol. The number of amides is 1. The maximum absolute atomic E-state index is 12.7. The summed E-state index contributed by atoms with van der Waals surface area (Å²) in [7, 11) is 1.59. The minimum absolute atomic E-state index is 0.0888. The van der Waals surface area contributed by atoms with Crippen molar-refractivity contribution >= 4 is 5.91 Å². The lowest BCUT2D eigenvalue weighted by Gasteiger charge is -2.34. The summed E-state index contributed by atoms with van der Waals surface area (Å²) in [6.45, 7) is 6.58. The van der Waals surface area contributed by atoms with E-state index in [0.29, 0.717) is 37.8 Å². The van der Waals surface area contributed by atoms with Gasteiger partial charge in [0.15, 0.2) is 5.69 Å². The molecular weight excluding hydrogens is 334 g/mol. The van der Waals surface area contributed by atoms with Gasteiger partial charge in [-0.1, -0.05) is 23.4 Å². The van der Waals surface area contributed by atoms with Crippen LogP contribution in [0.15, 0.2) is 34.9 Å². The van der Waals surface area contributed by atoms with Crippen LogP contribution < -0.4 is 4.74 Å². The molecule has 1 aliphatic rings. The van der Waals surface area contributed by atoms with Gasteiger partial charge in [0.1, 0.15) is 18.1 Å². The number of hydrogen-bond donors (Lipinski definition) is 0. The highest BCUT2D eigenvalue weighted by Crippen LogP contribution is 2.17. The van der Waals surface area contributed by atoms with Gasteiger partial charge in [0.25, 0.3) is 5.91 Å². The molecule has 1 aromatic heterocycles. The third-order valence-electron chi connectivity index (χ3n) is 4.55. The van der Waals surface area contributed by atoms with Crippen molar-refractivity contribution in [3.8, 4) is 5.75 Å². The highest BCUT2D eigenvalue weighted by atomic mass is 16.5. The molecule has 1 fully saturated rings. The van der Waals surface area contributed by atoms with Crippen molar-refractivity contribution < 1.29 is 18.8 Å². The first-order valence-corrected chi connectivity index (χ1v) is 8.82. The first kappa shape index (κ1) is 18.4. The molecule has 0 bridgehead atoms. The molecule has 7 heteroatoms. The van der Waals surface area contributed by atoms with Gasteiger partial charge in [0.05, 0.1) is 12.2 Å². The molecule has 26 heavy (non-hydrogen) atoms. The summed E-state index contributed by atoms with van der Waals surface area (Å²) in [5.74, 6) is 1.43. The van der Waals surface area contributed by atoms with Gasteiger partial charge in [-0.05, 0) is 19.1 Å².